The van der Waals surface area contributed by atoms with Crippen molar-refractivity contribution >= 4 is 0 Å². The molecule has 0 saturated carbocycles. The summed E-state index contributed by atoms with van der Waals surface area (Å²) in [5.41, 5.74) is 3.24. The Morgan fingerprint density at radius 1 is 0.824 bits per heavy atom. The molecule has 2 aromatic rings. The van der Waals surface area contributed by atoms with Crippen molar-refractivity contribution in [2.75, 3.05) is 52.5 Å². The predicted molar refractivity (Wildman–Crippen MR) is 138 cm³/mol. The molecule has 190 valence electrons. The number of nitrogens with one attached hydrogen (secondary N) is 1. The van der Waals surface area contributed by atoms with Gasteiger partial charge in [0.1, 0.15) is 25.4 Å². The third-order valence-electron chi connectivity index (χ3n) is 6.70. The lowest BCUT2D eigenvalue weighted by molar-refractivity contribution is -0.942. The average molecular weight is 489 g/mol. The van der Waals surface area contributed by atoms with Gasteiger partial charge in [0.05, 0.1) is 26.3 Å². The van der Waals surface area contributed by atoms with Crippen molar-refractivity contribution in [2.45, 2.75) is 53.0 Å². The maximum Gasteiger partial charge on any atom is 0.119 e. The highest BCUT2D eigenvalue weighted by Gasteiger charge is 2.30. The average Bonchev–Trinajstić information content (AvgIpc) is 2.76. The first-order valence-corrected chi connectivity index (χ1v) is 12.6. The number of quaternary nitrogens is 1. The molecule has 0 bridgehead atoms. The van der Waals surface area contributed by atoms with E-state index in [4.69, 9.17) is 9.47 Å². The van der Waals surface area contributed by atoms with Crippen LogP contribution in [0, 0.1) is 5.41 Å². The SMILES string of the molecule is CC(C)(C)CC(C)(C)c1ccc(OCCOCC[N+]2(Cc3ccccc3)CCNCC2)cc1.[Cl-]. The second-order valence-corrected chi connectivity index (χ2v) is 11.5. The fourth-order valence-electron chi connectivity index (χ4n) is 5.31. The molecule has 1 fully saturated rings. The molecular formula is C29H45ClN2O2. The second kappa shape index (κ2) is 12.9. The summed E-state index contributed by atoms with van der Waals surface area (Å²) in [6, 6.07) is 19.5. The van der Waals surface area contributed by atoms with Gasteiger partial charge in [0.2, 0.25) is 0 Å². The maximum atomic E-state index is 5.99. The Hall–Kier alpha value is -1.59. The Bertz CT molecular complexity index is 825. The smallest absolute Gasteiger partial charge is 0.119 e. The summed E-state index contributed by atoms with van der Waals surface area (Å²) in [5, 5.41) is 3.50. The van der Waals surface area contributed by atoms with Crippen LogP contribution in [0.1, 0.15) is 52.2 Å². The van der Waals surface area contributed by atoms with Crippen LogP contribution in [0.2, 0.25) is 0 Å². The fourth-order valence-corrected chi connectivity index (χ4v) is 5.31. The highest BCUT2D eigenvalue weighted by Crippen LogP contribution is 2.36. The van der Waals surface area contributed by atoms with E-state index in [1.165, 1.54) is 11.1 Å². The molecule has 1 heterocycles. The fraction of sp³-hybridized carbons (Fsp3) is 0.586. The van der Waals surface area contributed by atoms with E-state index in [-0.39, 0.29) is 17.8 Å². The van der Waals surface area contributed by atoms with E-state index in [9.17, 15) is 0 Å². The van der Waals surface area contributed by atoms with E-state index >= 15 is 0 Å². The zero-order valence-corrected chi connectivity index (χ0v) is 22.7. The molecule has 1 aliphatic rings. The Morgan fingerprint density at radius 3 is 2.09 bits per heavy atom. The molecule has 0 radical (unpaired) electrons. The Labute approximate surface area is 214 Å². The Kier molecular flexibility index (Phi) is 10.9. The first-order valence-electron chi connectivity index (χ1n) is 12.6. The van der Waals surface area contributed by atoms with Gasteiger partial charge in [-0.15, -0.1) is 0 Å². The van der Waals surface area contributed by atoms with Gasteiger partial charge in [0.25, 0.3) is 0 Å². The highest BCUT2D eigenvalue weighted by atomic mass is 35.5. The van der Waals surface area contributed by atoms with Gasteiger partial charge in [-0.3, -0.25) is 0 Å². The second-order valence-electron chi connectivity index (χ2n) is 11.5. The molecule has 0 spiro atoms. The molecule has 0 amide bonds. The van der Waals surface area contributed by atoms with Crippen molar-refractivity contribution < 1.29 is 26.4 Å². The number of nitrogens with zero attached hydrogens (tertiary/aromatic N) is 1. The van der Waals surface area contributed by atoms with Crippen molar-refractivity contribution in [3.05, 3.63) is 65.7 Å². The molecule has 0 aliphatic carbocycles. The van der Waals surface area contributed by atoms with Crippen LogP contribution in [0.5, 0.6) is 5.75 Å². The molecule has 0 unspecified atom stereocenters. The first-order chi connectivity index (χ1) is 15.7. The lowest BCUT2D eigenvalue weighted by atomic mass is 9.72. The van der Waals surface area contributed by atoms with Crippen LogP contribution in [-0.4, -0.2) is 57.0 Å². The monoisotopic (exact) mass is 488 g/mol. The Morgan fingerprint density at radius 2 is 1.47 bits per heavy atom. The molecule has 1 N–H and O–H groups in total. The largest absolute Gasteiger partial charge is 1.00 e. The van der Waals surface area contributed by atoms with Crippen molar-refractivity contribution in [1.82, 2.24) is 5.32 Å². The van der Waals surface area contributed by atoms with Crippen LogP contribution in [0.25, 0.3) is 0 Å². The lowest BCUT2D eigenvalue weighted by Gasteiger charge is -2.41. The highest BCUT2D eigenvalue weighted by molar-refractivity contribution is 5.31. The minimum absolute atomic E-state index is 0. The summed E-state index contributed by atoms with van der Waals surface area (Å²) in [6.07, 6.45) is 1.15. The lowest BCUT2D eigenvalue weighted by Crippen LogP contribution is -3.00. The van der Waals surface area contributed by atoms with Crippen LogP contribution in [0.15, 0.2) is 54.6 Å². The molecule has 4 nitrogen and oxygen atoms in total. The van der Waals surface area contributed by atoms with Crippen molar-refractivity contribution in [2.24, 2.45) is 5.41 Å². The van der Waals surface area contributed by atoms with Gasteiger partial charge in [-0.05, 0) is 34.9 Å². The molecule has 0 atom stereocenters. The molecular weight excluding hydrogens is 444 g/mol. The van der Waals surface area contributed by atoms with Gasteiger partial charge in [0, 0.05) is 18.7 Å². The summed E-state index contributed by atoms with van der Waals surface area (Å²) in [6.45, 7) is 20.2. The van der Waals surface area contributed by atoms with Crippen molar-refractivity contribution in [3.63, 3.8) is 0 Å². The number of hydrogen-bond donors (Lipinski definition) is 1. The number of ether oxygens (including phenoxy) is 2. The predicted octanol–water partition coefficient (Wildman–Crippen LogP) is 2.42. The minimum atomic E-state index is 0. The van der Waals surface area contributed by atoms with E-state index in [1.807, 2.05) is 0 Å². The van der Waals surface area contributed by atoms with Gasteiger partial charge in [-0.25, -0.2) is 0 Å². The third kappa shape index (κ3) is 9.22. The number of benzene rings is 2. The van der Waals surface area contributed by atoms with Crippen LogP contribution in [0.3, 0.4) is 0 Å². The minimum Gasteiger partial charge on any atom is -1.00 e. The molecule has 3 rings (SSSR count). The van der Waals surface area contributed by atoms with Gasteiger partial charge in [-0.2, -0.15) is 0 Å². The number of piperazine rings is 1. The summed E-state index contributed by atoms with van der Waals surface area (Å²) >= 11 is 0. The summed E-state index contributed by atoms with van der Waals surface area (Å²) < 4.78 is 13.0. The summed E-state index contributed by atoms with van der Waals surface area (Å²) in [4.78, 5) is 0. The van der Waals surface area contributed by atoms with Crippen molar-refractivity contribution in [3.8, 4) is 5.75 Å². The van der Waals surface area contributed by atoms with E-state index in [0.717, 1.165) is 62.5 Å². The first kappa shape index (κ1) is 28.6. The van der Waals surface area contributed by atoms with E-state index < -0.39 is 0 Å². The summed E-state index contributed by atoms with van der Waals surface area (Å²) in [7, 11) is 0. The van der Waals surface area contributed by atoms with Gasteiger partial charge in [-0.1, -0.05) is 77.1 Å². The van der Waals surface area contributed by atoms with Crippen molar-refractivity contribution in [1.29, 1.82) is 0 Å². The molecule has 5 heteroatoms. The molecule has 0 aromatic heterocycles. The van der Waals surface area contributed by atoms with Gasteiger partial charge >= 0.3 is 0 Å². The Balaban J connectivity index is 0.00000408. The molecule has 2 aromatic carbocycles. The van der Waals surface area contributed by atoms with E-state index in [2.05, 4.69) is 94.5 Å². The normalized spacial score (nSPS) is 16.0. The van der Waals surface area contributed by atoms with Crippen LogP contribution < -0.4 is 22.5 Å². The third-order valence-corrected chi connectivity index (χ3v) is 6.70. The van der Waals surface area contributed by atoms with Crippen LogP contribution >= 0.6 is 0 Å². The molecule has 1 aliphatic heterocycles. The van der Waals surface area contributed by atoms with Crippen LogP contribution in [-0.2, 0) is 16.7 Å². The number of rotatable bonds is 11. The topological polar surface area (TPSA) is 30.5 Å². The van der Waals surface area contributed by atoms with Crippen LogP contribution in [0.4, 0.5) is 0 Å². The van der Waals surface area contributed by atoms with Gasteiger partial charge in [0.15, 0.2) is 0 Å². The van der Waals surface area contributed by atoms with E-state index in [0.29, 0.717) is 18.6 Å². The quantitative estimate of drug-likeness (QED) is 0.389. The maximum absolute atomic E-state index is 5.99. The number of hydrogen-bond acceptors (Lipinski definition) is 3. The summed E-state index contributed by atoms with van der Waals surface area (Å²) in [5.74, 6) is 0.920. The standard InChI is InChI=1S/C29H45N2O2.ClH/c1-28(2,3)24-29(4,5)26-11-13-27(14-12-26)33-22-21-32-20-19-31(17-15-30-16-18-31)23-25-9-7-6-8-10-25;/h6-14,30H,15-24H2,1-5H3;1H/q+1;/p-1. The molecule has 1 saturated heterocycles. The zero-order chi connectivity index (χ0) is 23.8. The molecule has 34 heavy (non-hydrogen) atoms. The van der Waals surface area contributed by atoms with E-state index in [1.54, 1.807) is 0 Å². The van der Waals surface area contributed by atoms with Gasteiger partial charge < -0.3 is 31.7 Å². The number of halogens is 1. The zero-order valence-electron chi connectivity index (χ0n) is 21.9.